The van der Waals surface area contributed by atoms with Gasteiger partial charge in [-0.1, -0.05) is 25.1 Å². The third kappa shape index (κ3) is 2.28. The molecule has 0 aliphatic rings. The lowest BCUT2D eigenvalue weighted by Crippen LogP contribution is -2.28. The summed E-state index contributed by atoms with van der Waals surface area (Å²) in [6, 6.07) is 8.82. The lowest BCUT2D eigenvalue weighted by Gasteiger charge is -2.17. The molecule has 0 unspecified atom stereocenters. The summed E-state index contributed by atoms with van der Waals surface area (Å²) in [7, 11) is 0. The molecule has 0 spiro atoms. The maximum Gasteiger partial charge on any atom is 0.228 e. The van der Waals surface area contributed by atoms with E-state index in [0.29, 0.717) is 12.1 Å². The molecule has 0 bridgehead atoms. The Balaban J connectivity index is 2.85. The van der Waals surface area contributed by atoms with Gasteiger partial charge < -0.3 is 0 Å². The van der Waals surface area contributed by atoms with Crippen LogP contribution in [0.2, 0.25) is 0 Å². The molecular weight excluding hydrogens is 169 g/mol. The minimum absolute atomic E-state index is 0.200. The van der Waals surface area contributed by atoms with Gasteiger partial charge in [0.15, 0.2) is 6.80 Å². The van der Waals surface area contributed by atoms with Crippen LogP contribution in [0.4, 0.5) is 10.1 Å². The van der Waals surface area contributed by atoms with Crippen molar-refractivity contribution in [3.8, 4) is 0 Å². The van der Waals surface area contributed by atoms with Gasteiger partial charge in [-0.25, -0.2) is 4.39 Å². The zero-order chi connectivity index (χ0) is 9.68. The number of carbonyl (C=O) groups excluding carboxylic acids is 1. The van der Waals surface area contributed by atoms with E-state index in [9.17, 15) is 9.18 Å². The van der Waals surface area contributed by atoms with Crippen molar-refractivity contribution < 1.29 is 9.18 Å². The summed E-state index contributed by atoms with van der Waals surface area (Å²) in [5, 5.41) is 0. The molecule has 0 heterocycles. The summed E-state index contributed by atoms with van der Waals surface area (Å²) in [4.78, 5) is 12.4. The highest BCUT2D eigenvalue weighted by Crippen LogP contribution is 2.13. The molecule has 0 saturated carbocycles. The summed E-state index contributed by atoms with van der Waals surface area (Å²) in [5.41, 5.74) is 0.608. The zero-order valence-electron chi connectivity index (χ0n) is 7.53. The molecule has 0 saturated heterocycles. The first kappa shape index (κ1) is 9.71. The first-order valence-electron chi connectivity index (χ1n) is 4.21. The van der Waals surface area contributed by atoms with Gasteiger partial charge in [0, 0.05) is 12.1 Å². The molecule has 0 radical (unpaired) electrons. The van der Waals surface area contributed by atoms with Gasteiger partial charge in [-0.2, -0.15) is 0 Å². The van der Waals surface area contributed by atoms with Crippen molar-refractivity contribution in [2.45, 2.75) is 13.3 Å². The van der Waals surface area contributed by atoms with Gasteiger partial charge in [-0.05, 0) is 12.1 Å². The maximum absolute atomic E-state index is 12.5. The largest absolute Gasteiger partial charge is 0.284 e. The van der Waals surface area contributed by atoms with Gasteiger partial charge in [0.05, 0.1) is 0 Å². The molecule has 0 fully saturated rings. The first-order chi connectivity index (χ1) is 6.29. The average molecular weight is 181 g/mol. The van der Waals surface area contributed by atoms with Crippen LogP contribution in [0.15, 0.2) is 30.3 Å². The molecule has 1 rings (SSSR count). The van der Waals surface area contributed by atoms with Crippen LogP contribution < -0.4 is 4.90 Å². The van der Waals surface area contributed by atoms with Crippen molar-refractivity contribution in [3.05, 3.63) is 30.3 Å². The number of halogens is 1. The van der Waals surface area contributed by atoms with E-state index in [2.05, 4.69) is 0 Å². The number of carbonyl (C=O) groups is 1. The van der Waals surface area contributed by atoms with Crippen LogP contribution in [0.25, 0.3) is 0 Å². The van der Waals surface area contributed by atoms with Gasteiger partial charge in [0.2, 0.25) is 5.91 Å². The van der Waals surface area contributed by atoms with E-state index in [1.54, 1.807) is 31.2 Å². The summed E-state index contributed by atoms with van der Waals surface area (Å²) in [6.45, 7) is 0.949. The summed E-state index contributed by atoms with van der Waals surface area (Å²) in [5.74, 6) is -0.200. The van der Waals surface area contributed by atoms with Crippen molar-refractivity contribution in [2.24, 2.45) is 0 Å². The predicted octanol–water partition coefficient (Wildman–Crippen LogP) is 2.36. The molecule has 0 aromatic heterocycles. The highest BCUT2D eigenvalue weighted by atomic mass is 19.1. The van der Waals surface area contributed by atoms with E-state index < -0.39 is 6.80 Å². The van der Waals surface area contributed by atoms with Gasteiger partial charge in [-0.15, -0.1) is 0 Å². The second kappa shape index (κ2) is 4.60. The van der Waals surface area contributed by atoms with Crippen LogP contribution in [0.3, 0.4) is 0 Å². The molecule has 0 atom stereocenters. The number of para-hydroxylation sites is 1. The normalized spacial score (nSPS) is 9.69. The SMILES string of the molecule is CCC(=O)N(CF)c1ccccc1. The highest BCUT2D eigenvalue weighted by molar-refractivity contribution is 5.92. The van der Waals surface area contributed by atoms with Crippen molar-refractivity contribution in [1.82, 2.24) is 0 Å². The number of hydrogen-bond acceptors (Lipinski definition) is 1. The third-order valence-electron chi connectivity index (χ3n) is 1.79. The number of hydrogen-bond donors (Lipinski definition) is 0. The fraction of sp³-hybridized carbons (Fsp3) is 0.300. The third-order valence-corrected chi connectivity index (χ3v) is 1.79. The molecule has 0 aliphatic heterocycles. The minimum Gasteiger partial charge on any atom is -0.284 e. The Morgan fingerprint density at radius 2 is 2.00 bits per heavy atom. The number of rotatable bonds is 3. The summed E-state index contributed by atoms with van der Waals surface area (Å²) in [6.07, 6.45) is 0.318. The molecule has 0 N–H and O–H groups in total. The van der Waals surface area contributed by atoms with E-state index in [1.165, 1.54) is 0 Å². The van der Waals surface area contributed by atoms with E-state index in [1.807, 2.05) is 6.07 Å². The van der Waals surface area contributed by atoms with Crippen LogP contribution in [-0.4, -0.2) is 12.7 Å². The standard InChI is InChI=1S/C10H12FNO/c1-2-10(13)12(8-11)9-6-4-3-5-7-9/h3-7H,2,8H2,1H3. The lowest BCUT2D eigenvalue weighted by molar-refractivity contribution is -0.118. The van der Waals surface area contributed by atoms with E-state index in [0.717, 1.165) is 4.90 Å². The van der Waals surface area contributed by atoms with Crippen LogP contribution in [0.5, 0.6) is 0 Å². The zero-order valence-corrected chi connectivity index (χ0v) is 7.53. The minimum atomic E-state index is -0.767. The molecule has 1 aromatic rings. The molecular formula is C10H12FNO. The van der Waals surface area contributed by atoms with Crippen LogP contribution in [0, 0.1) is 0 Å². The second-order valence-corrected chi connectivity index (χ2v) is 2.63. The number of benzene rings is 1. The molecule has 13 heavy (non-hydrogen) atoms. The van der Waals surface area contributed by atoms with Crippen molar-refractivity contribution in [2.75, 3.05) is 11.7 Å². The van der Waals surface area contributed by atoms with E-state index in [-0.39, 0.29) is 5.91 Å². The number of alkyl halides is 1. The maximum atomic E-state index is 12.5. The molecule has 1 aromatic carbocycles. The Bertz CT molecular complexity index is 274. The quantitative estimate of drug-likeness (QED) is 0.655. The Hall–Kier alpha value is -1.38. The first-order valence-corrected chi connectivity index (χ1v) is 4.21. The Kier molecular flexibility index (Phi) is 3.43. The summed E-state index contributed by atoms with van der Waals surface area (Å²) >= 11 is 0. The summed E-state index contributed by atoms with van der Waals surface area (Å²) < 4.78 is 12.5. The number of anilines is 1. The monoisotopic (exact) mass is 181 g/mol. The molecule has 0 aliphatic carbocycles. The van der Waals surface area contributed by atoms with Crippen molar-refractivity contribution >= 4 is 11.6 Å². The van der Waals surface area contributed by atoms with E-state index in [4.69, 9.17) is 0 Å². The fourth-order valence-electron chi connectivity index (χ4n) is 1.08. The Labute approximate surface area is 77.0 Å². The fourth-order valence-corrected chi connectivity index (χ4v) is 1.08. The van der Waals surface area contributed by atoms with Crippen molar-refractivity contribution in [1.29, 1.82) is 0 Å². The molecule has 2 nitrogen and oxygen atoms in total. The van der Waals surface area contributed by atoms with Gasteiger partial charge in [-0.3, -0.25) is 9.69 Å². The topological polar surface area (TPSA) is 20.3 Å². The van der Waals surface area contributed by atoms with Crippen LogP contribution in [-0.2, 0) is 4.79 Å². The van der Waals surface area contributed by atoms with E-state index >= 15 is 0 Å². The van der Waals surface area contributed by atoms with Gasteiger partial charge >= 0.3 is 0 Å². The molecule has 3 heteroatoms. The van der Waals surface area contributed by atoms with Gasteiger partial charge in [0.1, 0.15) is 0 Å². The highest BCUT2D eigenvalue weighted by Gasteiger charge is 2.11. The second-order valence-electron chi connectivity index (χ2n) is 2.63. The van der Waals surface area contributed by atoms with Crippen molar-refractivity contribution in [3.63, 3.8) is 0 Å². The molecule has 1 amide bonds. The lowest BCUT2D eigenvalue weighted by atomic mass is 10.3. The van der Waals surface area contributed by atoms with Gasteiger partial charge in [0.25, 0.3) is 0 Å². The number of nitrogens with zero attached hydrogens (tertiary/aromatic N) is 1. The van der Waals surface area contributed by atoms with Crippen LogP contribution in [0.1, 0.15) is 13.3 Å². The average Bonchev–Trinajstić information content (AvgIpc) is 2.20. The number of amides is 1. The van der Waals surface area contributed by atoms with Crippen LogP contribution >= 0.6 is 0 Å². The predicted molar refractivity (Wildman–Crippen MR) is 50.2 cm³/mol. The Morgan fingerprint density at radius 3 is 2.46 bits per heavy atom. The molecule has 70 valence electrons. The smallest absolute Gasteiger partial charge is 0.228 e. The Morgan fingerprint density at radius 1 is 1.38 bits per heavy atom.